The fourth-order valence-electron chi connectivity index (χ4n) is 3.26. The molecular formula is C19H13Br2Cl2F2N3O2S2. The van der Waals surface area contributed by atoms with Crippen molar-refractivity contribution in [1.82, 2.24) is 9.29 Å². The van der Waals surface area contributed by atoms with Crippen LogP contribution in [0.5, 0.6) is 0 Å². The summed E-state index contributed by atoms with van der Waals surface area (Å²) in [5, 5.41) is 3.59. The third-order valence-electron chi connectivity index (χ3n) is 4.88. The lowest BCUT2D eigenvalue weighted by Gasteiger charge is -2.34. The predicted octanol–water partition coefficient (Wildman–Crippen LogP) is 6.43. The van der Waals surface area contributed by atoms with Crippen molar-refractivity contribution in [2.24, 2.45) is 0 Å². The Hall–Kier alpha value is -0.820. The molecule has 4 rings (SSSR count). The van der Waals surface area contributed by atoms with E-state index in [1.165, 1.54) is 11.3 Å². The second-order valence-electron chi connectivity index (χ2n) is 6.83. The van der Waals surface area contributed by atoms with Crippen molar-refractivity contribution < 1.29 is 17.2 Å². The molecule has 0 amide bonds. The van der Waals surface area contributed by atoms with Crippen LogP contribution in [0.15, 0.2) is 43.5 Å². The number of hydrogen-bond donors (Lipinski definition) is 0. The van der Waals surface area contributed by atoms with Crippen molar-refractivity contribution in [3.8, 4) is 11.3 Å². The third kappa shape index (κ3) is 4.57. The van der Waals surface area contributed by atoms with Crippen molar-refractivity contribution in [2.45, 2.75) is 4.90 Å². The highest BCUT2D eigenvalue weighted by molar-refractivity contribution is 9.11. The van der Waals surface area contributed by atoms with Crippen LogP contribution in [0, 0.1) is 11.6 Å². The molecule has 2 aromatic carbocycles. The van der Waals surface area contributed by atoms with Gasteiger partial charge in [-0.25, -0.2) is 22.2 Å². The molecule has 0 atom stereocenters. The summed E-state index contributed by atoms with van der Waals surface area (Å²) in [7, 11) is -4.25. The van der Waals surface area contributed by atoms with E-state index in [2.05, 4.69) is 36.8 Å². The van der Waals surface area contributed by atoms with Crippen molar-refractivity contribution in [3.05, 3.63) is 60.3 Å². The number of sulfonamides is 1. The molecule has 0 unspecified atom stereocenters. The van der Waals surface area contributed by atoms with Gasteiger partial charge in [0.05, 0.1) is 19.7 Å². The first kappa shape index (κ1) is 24.3. The summed E-state index contributed by atoms with van der Waals surface area (Å²) in [4.78, 5) is 5.84. The van der Waals surface area contributed by atoms with Gasteiger partial charge >= 0.3 is 0 Å². The topological polar surface area (TPSA) is 53.5 Å². The number of rotatable bonds is 4. The van der Waals surface area contributed by atoms with Gasteiger partial charge in [0.25, 0.3) is 0 Å². The van der Waals surface area contributed by atoms with E-state index in [1.807, 2.05) is 10.3 Å². The molecule has 0 saturated carbocycles. The predicted molar refractivity (Wildman–Crippen MR) is 130 cm³/mol. The molecule has 0 radical (unpaired) electrons. The summed E-state index contributed by atoms with van der Waals surface area (Å²) in [6, 6.07) is 6.04. The van der Waals surface area contributed by atoms with E-state index in [-0.39, 0.29) is 17.6 Å². The van der Waals surface area contributed by atoms with Crippen LogP contribution >= 0.6 is 66.4 Å². The lowest BCUT2D eigenvalue weighted by atomic mass is 10.2. The second kappa shape index (κ2) is 9.44. The largest absolute Gasteiger partial charge is 0.345 e. The first-order valence-electron chi connectivity index (χ1n) is 9.08. The van der Waals surface area contributed by atoms with Gasteiger partial charge in [0, 0.05) is 42.1 Å². The molecule has 0 bridgehead atoms. The zero-order valence-corrected chi connectivity index (χ0v) is 22.3. The minimum Gasteiger partial charge on any atom is -0.345 e. The van der Waals surface area contributed by atoms with E-state index in [9.17, 15) is 17.2 Å². The van der Waals surface area contributed by atoms with E-state index in [0.29, 0.717) is 34.0 Å². The second-order valence-corrected chi connectivity index (χ2v) is 12.0. The molecule has 13 heteroatoms. The molecule has 32 heavy (non-hydrogen) atoms. The van der Waals surface area contributed by atoms with Crippen molar-refractivity contribution in [1.29, 1.82) is 0 Å². The molecule has 0 aliphatic carbocycles. The number of benzene rings is 2. The van der Waals surface area contributed by atoms with E-state index in [4.69, 9.17) is 23.2 Å². The summed E-state index contributed by atoms with van der Waals surface area (Å²) < 4.78 is 55.1. The van der Waals surface area contributed by atoms with Gasteiger partial charge in [-0.1, -0.05) is 23.2 Å². The Balaban J connectivity index is 1.52. The van der Waals surface area contributed by atoms with Gasteiger partial charge in [0.15, 0.2) is 10.9 Å². The summed E-state index contributed by atoms with van der Waals surface area (Å²) in [6.45, 7) is 0.879. The maximum Gasteiger partial charge on any atom is 0.247 e. The summed E-state index contributed by atoms with van der Waals surface area (Å²) in [5.74, 6) is -1.91. The minimum atomic E-state index is -4.25. The van der Waals surface area contributed by atoms with Gasteiger partial charge in [0.1, 0.15) is 10.7 Å². The molecule has 1 aliphatic heterocycles. The van der Waals surface area contributed by atoms with Crippen LogP contribution in [0.2, 0.25) is 10.0 Å². The molecular weight excluding hydrogens is 635 g/mol. The Bertz CT molecular complexity index is 1270. The molecule has 1 fully saturated rings. The quantitative estimate of drug-likeness (QED) is 0.306. The van der Waals surface area contributed by atoms with E-state index in [0.717, 1.165) is 15.9 Å². The molecule has 2 heterocycles. The summed E-state index contributed by atoms with van der Waals surface area (Å²) in [5.41, 5.74) is 1.44. The Kier molecular flexibility index (Phi) is 7.17. The van der Waals surface area contributed by atoms with Crippen LogP contribution in [0.3, 0.4) is 0 Å². The zero-order valence-electron chi connectivity index (χ0n) is 16.0. The van der Waals surface area contributed by atoms with Gasteiger partial charge in [-0.15, -0.1) is 11.3 Å². The Labute approximate surface area is 214 Å². The van der Waals surface area contributed by atoms with E-state index >= 15 is 0 Å². The fourth-order valence-corrected chi connectivity index (χ4v) is 7.64. The molecule has 0 N–H and O–H groups in total. The molecule has 1 aliphatic rings. The first-order chi connectivity index (χ1) is 15.1. The molecule has 5 nitrogen and oxygen atoms in total. The van der Waals surface area contributed by atoms with Gasteiger partial charge < -0.3 is 4.90 Å². The molecule has 170 valence electrons. The number of nitrogens with zero attached hydrogens (tertiary/aromatic N) is 3. The molecule has 1 saturated heterocycles. The smallest absolute Gasteiger partial charge is 0.247 e. The SMILES string of the molecule is O=S(=O)(c1c(F)c(Br)cc(F)c1Br)N1CCN(c2nc(-c3ccc(Cl)cc3Cl)cs2)CC1. The average Bonchev–Trinajstić information content (AvgIpc) is 3.22. The number of anilines is 1. The number of hydrogen-bond acceptors (Lipinski definition) is 5. The number of piperazine rings is 1. The monoisotopic (exact) mass is 645 g/mol. The molecule has 0 spiro atoms. The van der Waals surface area contributed by atoms with Crippen LogP contribution in [0.4, 0.5) is 13.9 Å². The fraction of sp³-hybridized carbons (Fsp3) is 0.211. The third-order valence-corrected chi connectivity index (χ3v) is 9.89. The number of halogens is 6. The lowest BCUT2D eigenvalue weighted by Crippen LogP contribution is -2.48. The Morgan fingerprint density at radius 3 is 2.41 bits per heavy atom. The minimum absolute atomic E-state index is 0.0962. The number of aromatic nitrogens is 1. The standard InChI is InChI=1S/C19H13Br2Cl2F2N3O2S2/c20-12-8-14(24)16(21)18(17(12)25)32(29,30)28-5-3-27(4-6-28)19-26-15(9-31-19)11-2-1-10(22)7-13(11)23/h1-2,7-9H,3-6H2. The van der Waals surface area contributed by atoms with Gasteiger partial charge in [-0.05, 0) is 56.1 Å². The maximum absolute atomic E-state index is 14.6. The highest BCUT2D eigenvalue weighted by Gasteiger charge is 2.35. The van der Waals surface area contributed by atoms with Crippen LogP contribution in [-0.2, 0) is 10.0 Å². The van der Waals surface area contributed by atoms with Crippen molar-refractivity contribution >= 4 is 81.6 Å². The summed E-state index contributed by atoms with van der Waals surface area (Å²) >= 11 is 19.4. The average molecular weight is 648 g/mol. The van der Waals surface area contributed by atoms with Crippen molar-refractivity contribution in [2.75, 3.05) is 31.1 Å². The van der Waals surface area contributed by atoms with E-state index in [1.54, 1.807) is 18.2 Å². The van der Waals surface area contributed by atoms with Gasteiger partial charge in [-0.2, -0.15) is 4.31 Å². The van der Waals surface area contributed by atoms with Crippen LogP contribution in [-0.4, -0.2) is 43.9 Å². The molecule has 1 aromatic heterocycles. The Morgan fingerprint density at radius 2 is 1.75 bits per heavy atom. The lowest BCUT2D eigenvalue weighted by molar-refractivity contribution is 0.381. The molecule has 3 aromatic rings. The van der Waals surface area contributed by atoms with Crippen LogP contribution in [0.25, 0.3) is 11.3 Å². The zero-order chi connectivity index (χ0) is 23.2. The Morgan fingerprint density at radius 1 is 1.06 bits per heavy atom. The number of thiazole rings is 1. The normalized spacial score (nSPS) is 15.4. The van der Waals surface area contributed by atoms with Crippen molar-refractivity contribution in [3.63, 3.8) is 0 Å². The van der Waals surface area contributed by atoms with E-state index < -0.39 is 31.0 Å². The summed E-state index contributed by atoms with van der Waals surface area (Å²) in [6.07, 6.45) is 0. The van der Waals surface area contributed by atoms with Gasteiger partial charge in [0.2, 0.25) is 10.0 Å². The van der Waals surface area contributed by atoms with Crippen LogP contribution < -0.4 is 4.90 Å². The maximum atomic E-state index is 14.6. The highest BCUT2D eigenvalue weighted by Crippen LogP contribution is 2.36. The first-order valence-corrected chi connectivity index (χ1v) is 13.7. The highest BCUT2D eigenvalue weighted by atomic mass is 79.9. The van der Waals surface area contributed by atoms with Crippen LogP contribution in [0.1, 0.15) is 0 Å². The van der Waals surface area contributed by atoms with Gasteiger partial charge in [-0.3, -0.25) is 0 Å².